The summed E-state index contributed by atoms with van der Waals surface area (Å²) >= 11 is 0. The van der Waals surface area contributed by atoms with Gasteiger partial charge in [-0.25, -0.2) is 0 Å². The Balaban J connectivity index is 2.12. The molecule has 102 valence electrons. The van der Waals surface area contributed by atoms with Gasteiger partial charge in [0.05, 0.1) is 6.10 Å². The SMILES string of the molecule is CCc1noc(COc2cc(C)ccc2[C@H](C)O)n1. The van der Waals surface area contributed by atoms with Crippen molar-refractivity contribution in [2.45, 2.75) is 39.9 Å². The summed E-state index contributed by atoms with van der Waals surface area (Å²) in [6, 6.07) is 5.69. The molecule has 1 heterocycles. The monoisotopic (exact) mass is 262 g/mol. The van der Waals surface area contributed by atoms with Crippen molar-refractivity contribution >= 4 is 0 Å². The number of aliphatic hydroxyl groups is 1. The Morgan fingerprint density at radius 2 is 2.21 bits per heavy atom. The molecule has 0 spiro atoms. The zero-order chi connectivity index (χ0) is 13.8. The third-order valence-corrected chi connectivity index (χ3v) is 2.80. The number of ether oxygens (including phenoxy) is 1. The van der Waals surface area contributed by atoms with Gasteiger partial charge in [-0.1, -0.05) is 24.2 Å². The highest BCUT2D eigenvalue weighted by molar-refractivity contribution is 5.38. The molecule has 0 aliphatic carbocycles. The molecule has 19 heavy (non-hydrogen) atoms. The van der Waals surface area contributed by atoms with Gasteiger partial charge >= 0.3 is 0 Å². The van der Waals surface area contributed by atoms with Gasteiger partial charge in [-0.2, -0.15) is 4.98 Å². The minimum atomic E-state index is -0.579. The summed E-state index contributed by atoms with van der Waals surface area (Å²) in [6.07, 6.45) is 0.150. The van der Waals surface area contributed by atoms with Crippen molar-refractivity contribution in [1.29, 1.82) is 0 Å². The topological polar surface area (TPSA) is 68.4 Å². The van der Waals surface area contributed by atoms with Gasteiger partial charge in [-0.05, 0) is 25.5 Å². The Bertz CT molecular complexity index is 549. The van der Waals surface area contributed by atoms with Crippen LogP contribution in [0, 0.1) is 6.92 Å². The molecule has 0 saturated heterocycles. The highest BCUT2D eigenvalue weighted by Crippen LogP contribution is 2.26. The van der Waals surface area contributed by atoms with E-state index in [9.17, 15) is 5.11 Å². The Labute approximate surface area is 112 Å². The van der Waals surface area contributed by atoms with Crippen LogP contribution >= 0.6 is 0 Å². The average Bonchev–Trinajstić information content (AvgIpc) is 2.84. The van der Waals surface area contributed by atoms with Crippen LogP contribution in [0.4, 0.5) is 0 Å². The second-order valence-electron chi connectivity index (χ2n) is 4.46. The number of nitrogens with zero attached hydrogens (tertiary/aromatic N) is 2. The van der Waals surface area contributed by atoms with Crippen molar-refractivity contribution in [2.75, 3.05) is 0 Å². The quantitative estimate of drug-likeness (QED) is 0.896. The summed E-state index contributed by atoms with van der Waals surface area (Å²) in [5, 5.41) is 13.5. The van der Waals surface area contributed by atoms with Crippen LogP contribution in [0.3, 0.4) is 0 Å². The Kier molecular flexibility index (Phi) is 4.16. The van der Waals surface area contributed by atoms with E-state index in [1.54, 1.807) is 6.92 Å². The molecule has 0 radical (unpaired) electrons. The van der Waals surface area contributed by atoms with Gasteiger partial charge in [-0.15, -0.1) is 0 Å². The first-order chi connectivity index (χ1) is 9.10. The molecule has 0 fully saturated rings. The predicted molar refractivity (Wildman–Crippen MR) is 69.8 cm³/mol. The smallest absolute Gasteiger partial charge is 0.264 e. The van der Waals surface area contributed by atoms with E-state index in [1.165, 1.54) is 0 Å². The molecule has 2 rings (SSSR count). The number of aromatic nitrogens is 2. The summed E-state index contributed by atoms with van der Waals surface area (Å²) in [5.41, 5.74) is 1.82. The van der Waals surface area contributed by atoms with E-state index in [-0.39, 0.29) is 6.61 Å². The van der Waals surface area contributed by atoms with Crippen LogP contribution in [0.25, 0.3) is 0 Å². The molecule has 0 saturated carbocycles. The second-order valence-corrected chi connectivity index (χ2v) is 4.46. The summed E-state index contributed by atoms with van der Waals surface area (Å²) in [6.45, 7) is 5.84. The fourth-order valence-electron chi connectivity index (χ4n) is 1.74. The van der Waals surface area contributed by atoms with Crippen molar-refractivity contribution in [3.05, 3.63) is 41.0 Å². The normalized spacial score (nSPS) is 12.4. The lowest BCUT2D eigenvalue weighted by molar-refractivity contribution is 0.185. The highest BCUT2D eigenvalue weighted by Gasteiger charge is 2.11. The molecule has 1 aromatic heterocycles. The van der Waals surface area contributed by atoms with Crippen molar-refractivity contribution < 1.29 is 14.4 Å². The zero-order valence-corrected chi connectivity index (χ0v) is 11.4. The van der Waals surface area contributed by atoms with Crippen LogP contribution in [-0.4, -0.2) is 15.2 Å². The number of hydrogen-bond donors (Lipinski definition) is 1. The molecule has 0 bridgehead atoms. The van der Waals surface area contributed by atoms with E-state index >= 15 is 0 Å². The van der Waals surface area contributed by atoms with Crippen molar-refractivity contribution in [1.82, 2.24) is 10.1 Å². The largest absolute Gasteiger partial charge is 0.483 e. The molecule has 1 atom stereocenters. The molecule has 0 aliphatic heterocycles. The first kappa shape index (κ1) is 13.5. The number of aliphatic hydroxyl groups excluding tert-OH is 1. The van der Waals surface area contributed by atoms with E-state index in [0.29, 0.717) is 17.5 Å². The lowest BCUT2D eigenvalue weighted by atomic mass is 10.1. The fourth-order valence-corrected chi connectivity index (χ4v) is 1.74. The molecule has 2 aromatic rings. The summed E-state index contributed by atoms with van der Waals surface area (Å²) in [4.78, 5) is 4.18. The molecule has 1 aromatic carbocycles. The average molecular weight is 262 g/mol. The Hall–Kier alpha value is -1.88. The van der Waals surface area contributed by atoms with Crippen molar-refractivity contribution in [2.24, 2.45) is 0 Å². The number of aryl methyl sites for hydroxylation is 2. The minimum absolute atomic E-state index is 0.205. The standard InChI is InChI=1S/C14H18N2O3/c1-4-13-15-14(19-16-13)8-18-12-7-9(2)5-6-11(12)10(3)17/h5-7,10,17H,4,8H2,1-3H3/t10-/m0/s1. The first-order valence-corrected chi connectivity index (χ1v) is 6.33. The van der Waals surface area contributed by atoms with Crippen LogP contribution in [-0.2, 0) is 13.0 Å². The fraction of sp³-hybridized carbons (Fsp3) is 0.429. The maximum atomic E-state index is 9.70. The molecular weight excluding hydrogens is 244 g/mol. The van der Waals surface area contributed by atoms with Gasteiger partial charge in [0, 0.05) is 12.0 Å². The Morgan fingerprint density at radius 1 is 1.42 bits per heavy atom. The lowest BCUT2D eigenvalue weighted by Crippen LogP contribution is -2.01. The van der Waals surface area contributed by atoms with E-state index in [0.717, 1.165) is 17.5 Å². The molecule has 1 N–H and O–H groups in total. The molecular formula is C14H18N2O3. The maximum Gasteiger partial charge on any atom is 0.264 e. The van der Waals surface area contributed by atoms with E-state index in [1.807, 2.05) is 32.0 Å². The van der Waals surface area contributed by atoms with Gasteiger partial charge in [0.2, 0.25) is 0 Å². The third-order valence-electron chi connectivity index (χ3n) is 2.80. The maximum absolute atomic E-state index is 9.70. The molecule has 5 heteroatoms. The van der Waals surface area contributed by atoms with Crippen LogP contribution in [0.2, 0.25) is 0 Å². The first-order valence-electron chi connectivity index (χ1n) is 6.33. The third kappa shape index (κ3) is 3.32. The van der Waals surface area contributed by atoms with E-state index in [4.69, 9.17) is 9.26 Å². The molecule has 5 nitrogen and oxygen atoms in total. The van der Waals surface area contributed by atoms with E-state index in [2.05, 4.69) is 10.1 Å². The highest BCUT2D eigenvalue weighted by atomic mass is 16.5. The van der Waals surface area contributed by atoms with Crippen molar-refractivity contribution in [3.8, 4) is 5.75 Å². The zero-order valence-electron chi connectivity index (χ0n) is 11.4. The van der Waals surface area contributed by atoms with Gasteiger partial charge in [0.1, 0.15) is 5.75 Å². The molecule has 0 amide bonds. The second kappa shape index (κ2) is 5.84. The van der Waals surface area contributed by atoms with Gasteiger partial charge in [-0.3, -0.25) is 0 Å². The number of rotatable bonds is 5. The van der Waals surface area contributed by atoms with Gasteiger partial charge in [0.15, 0.2) is 12.4 Å². The van der Waals surface area contributed by atoms with Crippen LogP contribution < -0.4 is 4.74 Å². The summed E-state index contributed by atoms with van der Waals surface area (Å²) < 4.78 is 10.7. The van der Waals surface area contributed by atoms with Crippen LogP contribution in [0.5, 0.6) is 5.75 Å². The number of hydrogen-bond acceptors (Lipinski definition) is 5. The lowest BCUT2D eigenvalue weighted by Gasteiger charge is -2.13. The molecule has 0 unspecified atom stereocenters. The number of benzene rings is 1. The van der Waals surface area contributed by atoms with Crippen molar-refractivity contribution in [3.63, 3.8) is 0 Å². The van der Waals surface area contributed by atoms with Crippen LogP contribution in [0.1, 0.15) is 42.8 Å². The summed E-state index contributed by atoms with van der Waals surface area (Å²) in [7, 11) is 0. The van der Waals surface area contributed by atoms with Gasteiger partial charge < -0.3 is 14.4 Å². The van der Waals surface area contributed by atoms with Gasteiger partial charge in [0.25, 0.3) is 5.89 Å². The Morgan fingerprint density at radius 3 is 2.84 bits per heavy atom. The minimum Gasteiger partial charge on any atom is -0.483 e. The summed E-state index contributed by atoms with van der Waals surface area (Å²) in [5.74, 6) is 1.75. The molecule has 0 aliphatic rings. The predicted octanol–water partition coefficient (Wildman–Crippen LogP) is 2.57. The van der Waals surface area contributed by atoms with Crippen LogP contribution in [0.15, 0.2) is 22.7 Å². The van der Waals surface area contributed by atoms with E-state index < -0.39 is 6.10 Å².